The predicted molar refractivity (Wildman–Crippen MR) is 60.2 cm³/mol. The van der Waals surface area contributed by atoms with Gasteiger partial charge in [-0.2, -0.15) is 5.10 Å². The van der Waals surface area contributed by atoms with E-state index in [9.17, 15) is 0 Å². The predicted octanol–water partition coefficient (Wildman–Crippen LogP) is 1.86. The average molecular weight is 213 g/mol. The molecule has 1 atom stereocenters. The summed E-state index contributed by atoms with van der Waals surface area (Å²) < 4.78 is 7.37. The van der Waals surface area contributed by atoms with E-state index in [1.54, 1.807) is 10.9 Å². The van der Waals surface area contributed by atoms with Gasteiger partial charge in [-0.15, -0.1) is 0 Å². The first-order valence-corrected chi connectivity index (χ1v) is 5.18. The summed E-state index contributed by atoms with van der Waals surface area (Å²) in [5.41, 5.74) is 1.01. The summed E-state index contributed by atoms with van der Waals surface area (Å²) in [5, 5.41) is 4.16. The maximum atomic E-state index is 5.56. The maximum Gasteiger partial charge on any atom is 0.218 e. The number of hydrogen-bond acceptors (Lipinski definition) is 3. The van der Waals surface area contributed by atoms with E-state index in [-0.39, 0.29) is 6.17 Å². The Morgan fingerprint density at radius 2 is 2.06 bits per heavy atom. The molecule has 0 aliphatic carbocycles. The first-order chi connectivity index (χ1) is 7.93. The van der Waals surface area contributed by atoms with Gasteiger partial charge < -0.3 is 4.74 Å². The quantitative estimate of drug-likeness (QED) is 0.763. The normalized spacial score (nSPS) is 19.2. The van der Waals surface area contributed by atoms with Crippen molar-refractivity contribution in [3.8, 4) is 0 Å². The van der Waals surface area contributed by atoms with Crippen molar-refractivity contribution in [2.75, 3.05) is 6.61 Å². The molecule has 1 aliphatic heterocycles. The smallest absolute Gasteiger partial charge is 0.218 e. The Bertz CT molecular complexity index is 490. The van der Waals surface area contributed by atoms with E-state index >= 15 is 0 Å². The van der Waals surface area contributed by atoms with Crippen molar-refractivity contribution in [1.29, 1.82) is 0 Å². The van der Waals surface area contributed by atoms with Crippen LogP contribution in [0.25, 0.3) is 0 Å². The van der Waals surface area contributed by atoms with E-state index in [4.69, 9.17) is 4.74 Å². The lowest BCUT2D eigenvalue weighted by Crippen LogP contribution is -2.08. The van der Waals surface area contributed by atoms with Crippen LogP contribution in [0.1, 0.15) is 11.7 Å². The van der Waals surface area contributed by atoms with E-state index in [2.05, 4.69) is 10.1 Å². The molecule has 80 valence electrons. The van der Waals surface area contributed by atoms with Gasteiger partial charge >= 0.3 is 0 Å². The lowest BCUT2D eigenvalue weighted by atomic mass is 10.2. The van der Waals surface area contributed by atoms with Gasteiger partial charge in [0.15, 0.2) is 6.17 Å². The van der Waals surface area contributed by atoms with Crippen LogP contribution in [0.2, 0.25) is 0 Å². The number of hydrogen-bond donors (Lipinski definition) is 0. The lowest BCUT2D eigenvalue weighted by Gasteiger charge is -2.03. The number of aliphatic imine (C=N–C) groups is 1. The van der Waals surface area contributed by atoms with Crippen molar-refractivity contribution in [3.05, 3.63) is 54.4 Å². The van der Waals surface area contributed by atoms with E-state index < -0.39 is 0 Å². The van der Waals surface area contributed by atoms with Gasteiger partial charge in [0.2, 0.25) is 5.90 Å². The Morgan fingerprint density at radius 1 is 1.19 bits per heavy atom. The van der Waals surface area contributed by atoms with Crippen molar-refractivity contribution in [2.24, 2.45) is 4.99 Å². The molecule has 0 radical (unpaired) electrons. The maximum absolute atomic E-state index is 5.56. The van der Waals surface area contributed by atoms with Gasteiger partial charge in [-0.05, 0) is 18.2 Å². The molecule has 0 amide bonds. The minimum Gasteiger partial charge on any atom is -0.473 e. The third-order valence-electron chi connectivity index (χ3n) is 2.49. The number of rotatable bonds is 2. The Morgan fingerprint density at radius 3 is 2.81 bits per heavy atom. The van der Waals surface area contributed by atoms with Crippen molar-refractivity contribution in [2.45, 2.75) is 6.17 Å². The summed E-state index contributed by atoms with van der Waals surface area (Å²) in [7, 11) is 0. The molecule has 4 heteroatoms. The zero-order chi connectivity index (χ0) is 10.8. The van der Waals surface area contributed by atoms with Crippen molar-refractivity contribution in [1.82, 2.24) is 9.78 Å². The second kappa shape index (κ2) is 3.81. The summed E-state index contributed by atoms with van der Waals surface area (Å²) in [6, 6.07) is 11.8. The fraction of sp³-hybridized carbons (Fsp3) is 0.167. The molecule has 0 N–H and O–H groups in total. The number of ether oxygens (including phenoxy) is 1. The fourth-order valence-electron chi connectivity index (χ4n) is 1.69. The first-order valence-electron chi connectivity index (χ1n) is 5.18. The molecule has 2 heterocycles. The van der Waals surface area contributed by atoms with Crippen LogP contribution >= 0.6 is 0 Å². The standard InChI is InChI=1S/C12H11N3O/c1-2-5-10(6-3-1)12-14-11(9-16-12)15-8-4-7-13-15/h1-8,11H,9H2. The van der Waals surface area contributed by atoms with Crippen LogP contribution in [-0.2, 0) is 4.74 Å². The monoisotopic (exact) mass is 213 g/mol. The van der Waals surface area contributed by atoms with Crippen molar-refractivity contribution >= 4 is 5.90 Å². The highest BCUT2D eigenvalue weighted by Crippen LogP contribution is 2.18. The highest BCUT2D eigenvalue weighted by molar-refractivity contribution is 5.94. The molecule has 16 heavy (non-hydrogen) atoms. The molecule has 1 aliphatic rings. The zero-order valence-electron chi connectivity index (χ0n) is 8.65. The van der Waals surface area contributed by atoms with Crippen LogP contribution in [-0.4, -0.2) is 22.3 Å². The van der Waals surface area contributed by atoms with Crippen LogP contribution in [0.5, 0.6) is 0 Å². The molecule has 0 saturated heterocycles. The van der Waals surface area contributed by atoms with Gasteiger partial charge in [0.1, 0.15) is 6.61 Å². The molecule has 1 aromatic heterocycles. The number of benzene rings is 1. The van der Waals surface area contributed by atoms with E-state index in [0.717, 1.165) is 5.56 Å². The Kier molecular flexibility index (Phi) is 2.18. The molecule has 1 aromatic carbocycles. The molecule has 3 rings (SSSR count). The van der Waals surface area contributed by atoms with Gasteiger partial charge in [0.25, 0.3) is 0 Å². The van der Waals surface area contributed by atoms with E-state index in [1.165, 1.54) is 0 Å². The minimum absolute atomic E-state index is 0.0368. The molecule has 4 nitrogen and oxygen atoms in total. The molecule has 0 saturated carbocycles. The summed E-state index contributed by atoms with van der Waals surface area (Å²) in [6.45, 7) is 0.548. The lowest BCUT2D eigenvalue weighted by molar-refractivity contribution is 0.278. The highest BCUT2D eigenvalue weighted by Gasteiger charge is 2.21. The van der Waals surface area contributed by atoms with Gasteiger partial charge in [0.05, 0.1) is 0 Å². The van der Waals surface area contributed by atoms with Crippen LogP contribution in [0.4, 0.5) is 0 Å². The van der Waals surface area contributed by atoms with E-state index in [0.29, 0.717) is 12.5 Å². The van der Waals surface area contributed by atoms with Gasteiger partial charge in [0, 0.05) is 18.0 Å². The SMILES string of the molecule is c1ccc(C2=NC(n3cccn3)CO2)cc1. The van der Waals surface area contributed by atoms with Crippen molar-refractivity contribution < 1.29 is 4.74 Å². The molecular weight excluding hydrogens is 202 g/mol. The number of aromatic nitrogens is 2. The Balaban J connectivity index is 1.87. The second-order valence-electron chi connectivity index (χ2n) is 3.58. The largest absolute Gasteiger partial charge is 0.473 e. The highest BCUT2D eigenvalue weighted by atomic mass is 16.5. The first kappa shape index (κ1) is 9.15. The molecule has 1 unspecified atom stereocenters. The second-order valence-corrected chi connectivity index (χ2v) is 3.58. The van der Waals surface area contributed by atoms with Crippen LogP contribution in [0.15, 0.2) is 53.8 Å². The van der Waals surface area contributed by atoms with Gasteiger partial charge in [-0.1, -0.05) is 18.2 Å². The summed E-state index contributed by atoms with van der Waals surface area (Å²) >= 11 is 0. The summed E-state index contributed by atoms with van der Waals surface area (Å²) in [6.07, 6.45) is 3.60. The summed E-state index contributed by atoms with van der Waals surface area (Å²) in [5.74, 6) is 0.695. The van der Waals surface area contributed by atoms with Gasteiger partial charge in [-0.25, -0.2) is 9.67 Å². The third kappa shape index (κ3) is 1.58. The van der Waals surface area contributed by atoms with Crippen LogP contribution in [0, 0.1) is 0 Å². The molecular formula is C12H11N3O. The number of nitrogens with zero attached hydrogens (tertiary/aromatic N) is 3. The molecule has 0 fully saturated rings. The van der Waals surface area contributed by atoms with E-state index in [1.807, 2.05) is 42.6 Å². The Hall–Kier alpha value is -2.10. The van der Waals surface area contributed by atoms with Crippen molar-refractivity contribution in [3.63, 3.8) is 0 Å². The van der Waals surface area contributed by atoms with Gasteiger partial charge in [-0.3, -0.25) is 0 Å². The molecule has 0 spiro atoms. The zero-order valence-corrected chi connectivity index (χ0v) is 8.65. The average Bonchev–Trinajstić information content (AvgIpc) is 3.01. The fourth-order valence-corrected chi connectivity index (χ4v) is 1.69. The topological polar surface area (TPSA) is 39.4 Å². The minimum atomic E-state index is -0.0368. The third-order valence-corrected chi connectivity index (χ3v) is 2.49. The molecule has 2 aromatic rings. The summed E-state index contributed by atoms with van der Waals surface area (Å²) in [4.78, 5) is 4.50. The molecule has 0 bridgehead atoms. The Labute approximate surface area is 93.2 Å². The van der Waals surface area contributed by atoms with Crippen LogP contribution in [0.3, 0.4) is 0 Å². The van der Waals surface area contributed by atoms with Crippen LogP contribution < -0.4 is 0 Å².